The summed E-state index contributed by atoms with van der Waals surface area (Å²) < 4.78 is 1.12. The fourth-order valence-electron chi connectivity index (χ4n) is 1.68. The molecule has 90 valence electrons. The van der Waals surface area contributed by atoms with Crippen molar-refractivity contribution in [2.75, 3.05) is 7.05 Å². The summed E-state index contributed by atoms with van der Waals surface area (Å²) in [5.41, 5.74) is -0.302. The first kappa shape index (κ1) is 11.9. The predicted octanol–water partition coefficient (Wildman–Crippen LogP) is 1.08. The van der Waals surface area contributed by atoms with Crippen LogP contribution in [0.4, 0.5) is 0 Å². The minimum Gasteiger partial charge on any atom is -0.307 e. The molecule has 2 aromatic rings. The van der Waals surface area contributed by atoms with Gasteiger partial charge in [0.1, 0.15) is 0 Å². The number of hydrogen-bond acceptors (Lipinski definition) is 3. The Labute approximate surface area is 102 Å². The standard InChI is InChI=1S/C11H12ClN3O2/c1-6(13-2)15-10(16)8-5-7(12)3-4-9(8)14-11(15)17/h3-6,13H,1-2H3,(H,14,17). The van der Waals surface area contributed by atoms with E-state index in [2.05, 4.69) is 10.3 Å². The molecule has 6 heteroatoms. The van der Waals surface area contributed by atoms with Crippen molar-refractivity contribution in [3.63, 3.8) is 0 Å². The molecule has 0 saturated carbocycles. The van der Waals surface area contributed by atoms with E-state index in [0.29, 0.717) is 15.9 Å². The molecule has 1 unspecified atom stereocenters. The average molecular weight is 254 g/mol. The fourth-order valence-corrected chi connectivity index (χ4v) is 1.85. The van der Waals surface area contributed by atoms with Gasteiger partial charge in [0.05, 0.1) is 17.1 Å². The van der Waals surface area contributed by atoms with E-state index in [0.717, 1.165) is 4.57 Å². The SMILES string of the molecule is CNC(C)n1c(=O)[nH]c2ccc(Cl)cc2c1=O. The normalized spacial score (nSPS) is 12.9. The van der Waals surface area contributed by atoms with Crippen LogP contribution in [0.2, 0.25) is 5.02 Å². The Balaban J connectivity index is 2.88. The zero-order chi connectivity index (χ0) is 12.6. The quantitative estimate of drug-likeness (QED) is 0.842. The Kier molecular flexibility index (Phi) is 3.04. The summed E-state index contributed by atoms with van der Waals surface area (Å²) in [6.07, 6.45) is -0.380. The molecule has 1 heterocycles. The molecule has 2 rings (SSSR count). The monoisotopic (exact) mass is 253 g/mol. The number of aromatic nitrogens is 2. The van der Waals surface area contributed by atoms with Crippen molar-refractivity contribution >= 4 is 22.5 Å². The third-order valence-electron chi connectivity index (χ3n) is 2.70. The van der Waals surface area contributed by atoms with Crippen LogP contribution in [0.1, 0.15) is 13.1 Å². The van der Waals surface area contributed by atoms with Crippen LogP contribution in [0.15, 0.2) is 27.8 Å². The molecule has 0 fully saturated rings. The van der Waals surface area contributed by atoms with E-state index in [1.165, 1.54) is 0 Å². The topological polar surface area (TPSA) is 66.9 Å². The number of H-pyrrole nitrogens is 1. The average Bonchev–Trinajstić information content (AvgIpc) is 2.30. The van der Waals surface area contributed by atoms with Gasteiger partial charge >= 0.3 is 5.69 Å². The summed E-state index contributed by atoms with van der Waals surface area (Å²) in [5, 5.41) is 3.72. The lowest BCUT2D eigenvalue weighted by Gasteiger charge is -2.13. The highest BCUT2D eigenvalue weighted by molar-refractivity contribution is 6.31. The second-order valence-corrected chi connectivity index (χ2v) is 4.20. The zero-order valence-corrected chi connectivity index (χ0v) is 10.2. The molecule has 17 heavy (non-hydrogen) atoms. The molecule has 0 saturated heterocycles. The van der Waals surface area contributed by atoms with Crippen molar-refractivity contribution in [1.82, 2.24) is 14.9 Å². The van der Waals surface area contributed by atoms with Crippen LogP contribution in [-0.4, -0.2) is 16.6 Å². The highest BCUT2D eigenvalue weighted by Gasteiger charge is 2.11. The van der Waals surface area contributed by atoms with Gasteiger partial charge in [-0.2, -0.15) is 0 Å². The first-order valence-corrected chi connectivity index (χ1v) is 5.53. The first-order valence-electron chi connectivity index (χ1n) is 5.16. The molecule has 5 nitrogen and oxygen atoms in total. The third-order valence-corrected chi connectivity index (χ3v) is 2.93. The number of nitrogens with one attached hydrogen (secondary N) is 2. The molecule has 1 aromatic carbocycles. The lowest BCUT2D eigenvalue weighted by Crippen LogP contribution is -2.41. The van der Waals surface area contributed by atoms with Crippen LogP contribution in [-0.2, 0) is 0 Å². The lowest BCUT2D eigenvalue weighted by atomic mass is 10.2. The molecule has 0 spiro atoms. The van der Waals surface area contributed by atoms with Crippen LogP contribution in [0.5, 0.6) is 0 Å². The van der Waals surface area contributed by atoms with Gasteiger partial charge in [-0.1, -0.05) is 11.6 Å². The number of halogens is 1. The zero-order valence-electron chi connectivity index (χ0n) is 9.45. The highest BCUT2D eigenvalue weighted by atomic mass is 35.5. The van der Waals surface area contributed by atoms with Gasteiger partial charge in [0, 0.05) is 5.02 Å². The molecule has 2 N–H and O–H groups in total. The number of rotatable bonds is 2. The largest absolute Gasteiger partial charge is 0.330 e. The van der Waals surface area contributed by atoms with E-state index in [4.69, 9.17) is 11.6 Å². The van der Waals surface area contributed by atoms with E-state index < -0.39 is 5.69 Å². The summed E-state index contributed by atoms with van der Waals surface area (Å²) in [5.74, 6) is 0. The van der Waals surface area contributed by atoms with E-state index in [9.17, 15) is 9.59 Å². The second kappa shape index (κ2) is 4.35. The summed E-state index contributed by atoms with van der Waals surface area (Å²) in [6.45, 7) is 1.73. The van der Waals surface area contributed by atoms with Gasteiger partial charge in [0.2, 0.25) is 0 Å². The minimum atomic E-state index is -0.438. The van der Waals surface area contributed by atoms with Crippen molar-refractivity contribution in [3.05, 3.63) is 44.1 Å². The van der Waals surface area contributed by atoms with Crippen LogP contribution in [0, 0.1) is 0 Å². The number of fused-ring (bicyclic) bond motifs is 1. The van der Waals surface area contributed by atoms with Crippen molar-refractivity contribution in [2.45, 2.75) is 13.1 Å². The van der Waals surface area contributed by atoms with E-state index in [1.54, 1.807) is 32.2 Å². The smallest absolute Gasteiger partial charge is 0.307 e. The van der Waals surface area contributed by atoms with E-state index in [-0.39, 0.29) is 11.7 Å². The van der Waals surface area contributed by atoms with Crippen molar-refractivity contribution in [3.8, 4) is 0 Å². The first-order chi connectivity index (χ1) is 8.04. The fraction of sp³-hybridized carbons (Fsp3) is 0.273. The number of hydrogen-bond donors (Lipinski definition) is 2. The summed E-state index contributed by atoms with van der Waals surface area (Å²) in [6, 6.07) is 4.80. The Morgan fingerprint density at radius 1 is 1.41 bits per heavy atom. The maximum Gasteiger partial charge on any atom is 0.330 e. The second-order valence-electron chi connectivity index (χ2n) is 3.76. The molecule has 0 amide bonds. The maximum absolute atomic E-state index is 12.1. The van der Waals surface area contributed by atoms with Gasteiger partial charge in [-0.3, -0.25) is 4.79 Å². The minimum absolute atomic E-state index is 0.354. The molecular weight excluding hydrogens is 242 g/mol. The molecule has 0 aliphatic carbocycles. The van der Waals surface area contributed by atoms with Gasteiger partial charge in [-0.05, 0) is 32.2 Å². The van der Waals surface area contributed by atoms with Gasteiger partial charge in [0.25, 0.3) is 5.56 Å². The Morgan fingerprint density at radius 3 is 2.76 bits per heavy atom. The molecule has 1 aromatic heterocycles. The Hall–Kier alpha value is -1.59. The van der Waals surface area contributed by atoms with Gasteiger partial charge in [-0.25, -0.2) is 9.36 Å². The maximum atomic E-state index is 12.1. The molecule has 1 atom stereocenters. The summed E-state index contributed by atoms with van der Waals surface area (Å²) in [7, 11) is 1.68. The molecular formula is C11H12ClN3O2. The Bertz CT molecular complexity index is 674. The van der Waals surface area contributed by atoms with Crippen LogP contribution in [0.25, 0.3) is 10.9 Å². The van der Waals surface area contributed by atoms with Crippen molar-refractivity contribution < 1.29 is 0 Å². The van der Waals surface area contributed by atoms with Gasteiger partial charge in [0.15, 0.2) is 0 Å². The molecule has 0 radical (unpaired) electrons. The van der Waals surface area contributed by atoms with Crippen molar-refractivity contribution in [1.29, 1.82) is 0 Å². The van der Waals surface area contributed by atoms with Crippen molar-refractivity contribution in [2.24, 2.45) is 0 Å². The third kappa shape index (κ3) is 1.99. The summed E-state index contributed by atoms with van der Waals surface area (Å²) in [4.78, 5) is 26.6. The Morgan fingerprint density at radius 2 is 2.12 bits per heavy atom. The van der Waals surface area contributed by atoms with E-state index >= 15 is 0 Å². The van der Waals surface area contributed by atoms with E-state index in [1.807, 2.05) is 0 Å². The number of aromatic amines is 1. The van der Waals surface area contributed by atoms with Crippen LogP contribution >= 0.6 is 11.6 Å². The molecule has 0 aliphatic heterocycles. The van der Waals surface area contributed by atoms with Gasteiger partial charge in [-0.15, -0.1) is 0 Å². The number of nitrogens with zero attached hydrogens (tertiary/aromatic N) is 1. The van der Waals surface area contributed by atoms with Gasteiger partial charge < -0.3 is 10.3 Å². The predicted molar refractivity (Wildman–Crippen MR) is 67.6 cm³/mol. The van der Waals surface area contributed by atoms with Crippen LogP contribution in [0.3, 0.4) is 0 Å². The number of benzene rings is 1. The lowest BCUT2D eigenvalue weighted by molar-refractivity contribution is 0.447. The molecule has 0 bridgehead atoms. The molecule has 0 aliphatic rings. The summed E-state index contributed by atoms with van der Waals surface area (Å²) >= 11 is 5.84. The van der Waals surface area contributed by atoms with Crippen LogP contribution < -0.4 is 16.6 Å². The highest BCUT2D eigenvalue weighted by Crippen LogP contribution is 2.13.